The van der Waals surface area contributed by atoms with Crippen LogP contribution in [0.1, 0.15) is 40.0 Å². The van der Waals surface area contributed by atoms with Crippen LogP contribution in [0.3, 0.4) is 0 Å². The third-order valence-corrected chi connectivity index (χ3v) is 8.71. The van der Waals surface area contributed by atoms with E-state index in [0.717, 1.165) is 6.08 Å². The summed E-state index contributed by atoms with van der Waals surface area (Å²) in [7, 11) is 1.18. The van der Waals surface area contributed by atoms with E-state index in [9.17, 15) is 19.8 Å². The molecule has 3 saturated carbocycles. The molecule has 0 bridgehead atoms. The zero-order chi connectivity index (χ0) is 21.6. The molecule has 29 heavy (non-hydrogen) atoms. The number of rotatable bonds is 1. The van der Waals surface area contributed by atoms with Crippen LogP contribution in [0.25, 0.3) is 0 Å². The summed E-state index contributed by atoms with van der Waals surface area (Å²) in [6.45, 7) is 4.90. The highest BCUT2D eigenvalue weighted by Crippen LogP contribution is 2.70. The Morgan fingerprint density at radius 2 is 1.93 bits per heavy atom. The van der Waals surface area contributed by atoms with Crippen molar-refractivity contribution in [2.75, 3.05) is 7.11 Å². The number of methoxy groups -OCH3 is 1. The Morgan fingerprint density at radius 1 is 1.28 bits per heavy atom. The van der Waals surface area contributed by atoms with Gasteiger partial charge in [-0.25, -0.2) is 13.6 Å². The minimum atomic E-state index is -2.22. The van der Waals surface area contributed by atoms with E-state index in [2.05, 4.69) is 0 Å². The summed E-state index contributed by atoms with van der Waals surface area (Å²) >= 11 is 0. The molecule has 0 radical (unpaired) electrons. The van der Waals surface area contributed by atoms with E-state index in [-0.39, 0.29) is 18.4 Å². The summed E-state index contributed by atoms with van der Waals surface area (Å²) in [5.41, 5.74) is -6.69. The number of esters is 1. The van der Waals surface area contributed by atoms with Gasteiger partial charge in [0, 0.05) is 16.7 Å². The molecule has 160 valence electrons. The van der Waals surface area contributed by atoms with E-state index in [1.807, 2.05) is 0 Å². The molecule has 4 aliphatic rings. The van der Waals surface area contributed by atoms with Crippen molar-refractivity contribution in [2.45, 2.75) is 63.6 Å². The number of alkyl halides is 2. The number of aliphatic hydroxyl groups is 2. The predicted molar refractivity (Wildman–Crippen MR) is 100 cm³/mol. The Bertz CT molecular complexity index is 839. The molecule has 0 aromatic carbocycles. The van der Waals surface area contributed by atoms with Crippen LogP contribution in [0.5, 0.6) is 0 Å². The van der Waals surface area contributed by atoms with E-state index in [1.165, 1.54) is 26.2 Å². The van der Waals surface area contributed by atoms with Crippen molar-refractivity contribution >= 4 is 11.8 Å². The third-order valence-electron chi connectivity index (χ3n) is 8.71. The van der Waals surface area contributed by atoms with Crippen LogP contribution in [0, 0.1) is 28.6 Å². The molecule has 3 fully saturated rings. The third kappa shape index (κ3) is 2.16. The van der Waals surface area contributed by atoms with Gasteiger partial charge in [-0.1, -0.05) is 19.9 Å². The zero-order valence-corrected chi connectivity index (χ0v) is 17.1. The number of ether oxygens (including phenoxy) is 1. The first-order chi connectivity index (χ1) is 13.4. The molecule has 0 amide bonds. The fourth-order valence-electron chi connectivity index (χ4n) is 7.13. The van der Waals surface area contributed by atoms with Gasteiger partial charge >= 0.3 is 5.97 Å². The standard InChI is InChI=1S/C22H28F2O5/c1-11-7-13-14-9-16(23)15-8-12(25)5-6-19(15,2)21(14,24)17(26)10-20(13,3)22(11,28)18(27)29-4/h5-6,8,11,13-14,16-17,26,28H,7,9-10H2,1-4H3/t11?,13?,14?,16?,17?,19-,20-,21-,22-/m0/s1. The maximum Gasteiger partial charge on any atom is 0.338 e. The summed E-state index contributed by atoms with van der Waals surface area (Å²) in [5, 5.41) is 22.5. The zero-order valence-electron chi connectivity index (χ0n) is 17.1. The van der Waals surface area contributed by atoms with E-state index >= 15 is 8.78 Å². The van der Waals surface area contributed by atoms with Crippen molar-refractivity contribution in [2.24, 2.45) is 28.6 Å². The van der Waals surface area contributed by atoms with Gasteiger partial charge in [0.2, 0.25) is 0 Å². The van der Waals surface area contributed by atoms with Gasteiger partial charge in [-0.05, 0) is 55.7 Å². The predicted octanol–water partition coefficient (Wildman–Crippen LogP) is 2.46. The Labute approximate surface area is 168 Å². The van der Waals surface area contributed by atoms with Gasteiger partial charge in [0.05, 0.1) is 13.2 Å². The molecule has 0 spiro atoms. The lowest BCUT2D eigenvalue weighted by Gasteiger charge is -2.62. The second kappa shape index (κ2) is 5.97. The maximum absolute atomic E-state index is 16.9. The number of ketones is 1. The second-order valence-electron chi connectivity index (χ2n) is 9.75. The lowest BCUT2D eigenvalue weighted by molar-refractivity contribution is -0.230. The molecule has 5 nitrogen and oxygen atoms in total. The monoisotopic (exact) mass is 410 g/mol. The summed E-state index contributed by atoms with van der Waals surface area (Å²) < 4.78 is 37.0. The lowest BCUT2D eigenvalue weighted by atomic mass is 9.44. The lowest BCUT2D eigenvalue weighted by Crippen LogP contribution is -2.70. The number of hydrogen-bond donors (Lipinski definition) is 2. The number of carbonyl (C=O) groups is 2. The molecule has 0 aromatic heterocycles. The first-order valence-corrected chi connectivity index (χ1v) is 10.1. The van der Waals surface area contributed by atoms with Crippen LogP contribution in [0.15, 0.2) is 23.8 Å². The molecule has 4 rings (SSSR count). The van der Waals surface area contributed by atoms with Crippen LogP contribution < -0.4 is 0 Å². The number of carbonyl (C=O) groups excluding carboxylic acids is 2. The fourth-order valence-corrected chi connectivity index (χ4v) is 7.13. The minimum absolute atomic E-state index is 0.0562. The fraction of sp³-hybridized carbons (Fsp3) is 0.727. The quantitative estimate of drug-likeness (QED) is 0.649. The molecule has 0 heterocycles. The second-order valence-corrected chi connectivity index (χ2v) is 9.75. The molecule has 0 aliphatic heterocycles. The van der Waals surface area contributed by atoms with Gasteiger partial charge in [0.25, 0.3) is 0 Å². The smallest absolute Gasteiger partial charge is 0.338 e. The average molecular weight is 410 g/mol. The van der Waals surface area contributed by atoms with E-state index in [0.29, 0.717) is 6.42 Å². The topological polar surface area (TPSA) is 83.8 Å². The Balaban J connectivity index is 1.87. The highest BCUT2D eigenvalue weighted by atomic mass is 19.1. The molecule has 4 aliphatic carbocycles. The normalized spacial score (nSPS) is 53.6. The van der Waals surface area contributed by atoms with Gasteiger partial charge in [-0.3, -0.25) is 4.79 Å². The SMILES string of the molecule is COC(=O)[C@@]1(O)C(C)CC2C3CC(F)C4=CC(=O)C=C[C@]4(C)[C@@]3(F)C(O)C[C@@]21C. The minimum Gasteiger partial charge on any atom is -0.467 e. The van der Waals surface area contributed by atoms with Crippen molar-refractivity contribution < 1.29 is 33.3 Å². The van der Waals surface area contributed by atoms with Gasteiger partial charge in [-0.15, -0.1) is 0 Å². The van der Waals surface area contributed by atoms with Crippen molar-refractivity contribution in [3.8, 4) is 0 Å². The van der Waals surface area contributed by atoms with Crippen molar-refractivity contribution in [3.05, 3.63) is 23.8 Å². The highest BCUT2D eigenvalue weighted by Gasteiger charge is 2.77. The summed E-state index contributed by atoms with van der Waals surface area (Å²) in [6.07, 6.45) is 0.597. The average Bonchev–Trinajstić information content (AvgIpc) is 2.86. The van der Waals surface area contributed by atoms with Crippen molar-refractivity contribution in [1.82, 2.24) is 0 Å². The molecular formula is C22H28F2O5. The van der Waals surface area contributed by atoms with E-state index in [1.54, 1.807) is 13.8 Å². The van der Waals surface area contributed by atoms with Gasteiger partial charge in [0.1, 0.15) is 6.17 Å². The first kappa shape index (κ1) is 20.7. The van der Waals surface area contributed by atoms with Gasteiger partial charge in [-0.2, -0.15) is 0 Å². The molecular weight excluding hydrogens is 382 g/mol. The van der Waals surface area contributed by atoms with E-state index in [4.69, 9.17) is 4.74 Å². The number of hydrogen-bond acceptors (Lipinski definition) is 5. The van der Waals surface area contributed by atoms with Crippen molar-refractivity contribution in [1.29, 1.82) is 0 Å². The molecule has 9 atom stereocenters. The van der Waals surface area contributed by atoms with Gasteiger partial charge in [0.15, 0.2) is 17.1 Å². The maximum atomic E-state index is 16.9. The number of allylic oxidation sites excluding steroid dienone is 4. The van der Waals surface area contributed by atoms with Crippen LogP contribution in [-0.2, 0) is 14.3 Å². The Morgan fingerprint density at radius 3 is 2.55 bits per heavy atom. The van der Waals surface area contributed by atoms with Crippen LogP contribution in [0.2, 0.25) is 0 Å². The van der Waals surface area contributed by atoms with Crippen LogP contribution >= 0.6 is 0 Å². The Hall–Kier alpha value is -1.60. The van der Waals surface area contributed by atoms with Crippen molar-refractivity contribution in [3.63, 3.8) is 0 Å². The van der Waals surface area contributed by atoms with Crippen LogP contribution in [-0.4, -0.2) is 52.6 Å². The number of aliphatic hydroxyl groups excluding tert-OH is 1. The highest BCUT2D eigenvalue weighted by molar-refractivity contribution is 6.01. The van der Waals surface area contributed by atoms with Gasteiger partial charge < -0.3 is 14.9 Å². The number of halogens is 2. The Kier molecular flexibility index (Phi) is 4.26. The number of fused-ring (bicyclic) bond motifs is 5. The largest absolute Gasteiger partial charge is 0.467 e. The molecule has 0 saturated heterocycles. The van der Waals surface area contributed by atoms with Crippen LogP contribution in [0.4, 0.5) is 8.78 Å². The first-order valence-electron chi connectivity index (χ1n) is 10.1. The van der Waals surface area contributed by atoms with E-state index < -0.39 is 63.9 Å². The molecule has 2 N–H and O–H groups in total. The summed E-state index contributed by atoms with van der Waals surface area (Å²) in [6, 6.07) is 0. The summed E-state index contributed by atoms with van der Waals surface area (Å²) in [4.78, 5) is 24.4. The molecule has 7 heteroatoms. The molecule has 5 unspecified atom stereocenters. The molecule has 0 aromatic rings. The summed E-state index contributed by atoms with van der Waals surface area (Å²) in [5.74, 6) is -3.20.